The quantitative estimate of drug-likeness (QED) is 0.266. The maximum absolute atomic E-state index is 14.6. The first-order valence-electron chi connectivity index (χ1n) is 13.5. The monoisotopic (exact) mass is 540 g/mol. The van der Waals surface area contributed by atoms with Crippen LogP contribution in [0.3, 0.4) is 0 Å². The van der Waals surface area contributed by atoms with Crippen molar-refractivity contribution < 1.29 is 13.5 Å². The smallest absolute Gasteiger partial charge is 0.186 e. The van der Waals surface area contributed by atoms with Gasteiger partial charge in [-0.2, -0.15) is 0 Å². The summed E-state index contributed by atoms with van der Waals surface area (Å²) in [5, 5.41) is 10.6. The van der Waals surface area contributed by atoms with Gasteiger partial charge in [-0.3, -0.25) is 0 Å². The molecule has 4 rings (SSSR count). The largest absolute Gasteiger partial charge is 0.507 e. The average molecular weight is 541 g/mol. The van der Waals surface area contributed by atoms with Crippen LogP contribution in [0.2, 0.25) is 0 Å². The molecule has 39 heavy (non-hydrogen) atoms. The standard InChI is InChI=1S/C35H40O3S/c1-24-18-20-28(21-19-24)39(37,38)33(26-16-12-9-13-17-26)31(25-14-10-8-11-15-25)27-22-29(34(2,3)4)32(36)30(23-27)35(5,6)7/h8-23,31,33,36H,1-7H3. The number of hydrogen-bond acceptors (Lipinski definition) is 3. The Morgan fingerprint density at radius 3 is 1.49 bits per heavy atom. The van der Waals surface area contributed by atoms with E-state index >= 15 is 0 Å². The molecular formula is C35H40O3S. The second-order valence-corrected chi connectivity index (χ2v) is 14.6. The van der Waals surface area contributed by atoms with Crippen LogP contribution in [-0.2, 0) is 20.7 Å². The predicted molar refractivity (Wildman–Crippen MR) is 161 cm³/mol. The molecule has 2 atom stereocenters. The van der Waals surface area contributed by atoms with Crippen LogP contribution >= 0.6 is 0 Å². The number of aromatic hydroxyl groups is 1. The van der Waals surface area contributed by atoms with Gasteiger partial charge in [0.05, 0.1) is 4.90 Å². The van der Waals surface area contributed by atoms with Crippen molar-refractivity contribution in [2.75, 3.05) is 0 Å². The molecule has 3 nitrogen and oxygen atoms in total. The van der Waals surface area contributed by atoms with Gasteiger partial charge in [-0.05, 0) is 57.7 Å². The highest BCUT2D eigenvalue weighted by molar-refractivity contribution is 7.91. The molecule has 0 amide bonds. The lowest BCUT2D eigenvalue weighted by Gasteiger charge is -2.33. The van der Waals surface area contributed by atoms with Crippen molar-refractivity contribution in [2.24, 2.45) is 0 Å². The van der Waals surface area contributed by atoms with Gasteiger partial charge >= 0.3 is 0 Å². The van der Waals surface area contributed by atoms with Gasteiger partial charge < -0.3 is 5.11 Å². The second kappa shape index (κ2) is 10.7. The number of aryl methyl sites for hydroxylation is 1. The highest BCUT2D eigenvalue weighted by Crippen LogP contribution is 2.48. The van der Waals surface area contributed by atoms with Gasteiger partial charge in [0.2, 0.25) is 0 Å². The number of benzene rings is 4. The summed E-state index contributed by atoms with van der Waals surface area (Å²) in [6.07, 6.45) is 0. The lowest BCUT2D eigenvalue weighted by atomic mass is 9.75. The Morgan fingerprint density at radius 2 is 1.05 bits per heavy atom. The van der Waals surface area contributed by atoms with E-state index in [1.54, 1.807) is 12.1 Å². The van der Waals surface area contributed by atoms with Gasteiger partial charge in [-0.1, -0.05) is 132 Å². The van der Waals surface area contributed by atoms with Crippen molar-refractivity contribution in [3.8, 4) is 5.75 Å². The van der Waals surface area contributed by atoms with Crippen molar-refractivity contribution in [1.29, 1.82) is 0 Å². The Kier molecular flexibility index (Phi) is 7.82. The van der Waals surface area contributed by atoms with Crippen LogP contribution in [0.5, 0.6) is 5.75 Å². The molecule has 0 bridgehead atoms. The zero-order valence-corrected chi connectivity index (χ0v) is 24.9. The molecule has 0 spiro atoms. The Morgan fingerprint density at radius 1 is 0.615 bits per heavy atom. The van der Waals surface area contributed by atoms with Crippen molar-refractivity contribution in [1.82, 2.24) is 0 Å². The molecule has 1 N–H and O–H groups in total. The van der Waals surface area contributed by atoms with Gasteiger partial charge in [0.25, 0.3) is 0 Å². The summed E-state index contributed by atoms with van der Waals surface area (Å²) in [4.78, 5) is 0.300. The van der Waals surface area contributed by atoms with Gasteiger partial charge in [0.15, 0.2) is 9.84 Å². The minimum absolute atomic E-state index is 0.281. The lowest BCUT2D eigenvalue weighted by Crippen LogP contribution is -2.24. The summed E-state index contributed by atoms with van der Waals surface area (Å²) < 4.78 is 29.2. The zero-order chi connectivity index (χ0) is 28.6. The van der Waals surface area contributed by atoms with Crippen LogP contribution in [0.25, 0.3) is 0 Å². The lowest BCUT2D eigenvalue weighted by molar-refractivity contribution is 0.422. The van der Waals surface area contributed by atoms with E-state index in [-0.39, 0.29) is 16.6 Å². The summed E-state index contributed by atoms with van der Waals surface area (Å²) in [6.45, 7) is 14.4. The first-order chi connectivity index (χ1) is 18.2. The maximum Gasteiger partial charge on any atom is 0.186 e. The van der Waals surface area contributed by atoms with E-state index in [4.69, 9.17) is 0 Å². The second-order valence-electron chi connectivity index (χ2n) is 12.5. The number of sulfone groups is 1. The normalized spacial score (nSPS) is 14.1. The molecule has 0 radical (unpaired) electrons. The van der Waals surface area contributed by atoms with E-state index in [0.717, 1.165) is 33.4 Å². The summed E-state index contributed by atoms with van der Waals surface area (Å²) in [5.74, 6) is -0.231. The van der Waals surface area contributed by atoms with Gasteiger partial charge in [-0.15, -0.1) is 0 Å². The molecule has 0 saturated carbocycles. The number of phenols is 1. The van der Waals surface area contributed by atoms with Crippen LogP contribution < -0.4 is 0 Å². The maximum atomic E-state index is 14.6. The molecule has 0 aliphatic heterocycles. The summed E-state index contributed by atoms with van der Waals surface area (Å²) in [5.41, 5.74) is 4.45. The number of hydrogen-bond donors (Lipinski definition) is 1. The zero-order valence-electron chi connectivity index (χ0n) is 24.1. The third-order valence-corrected chi connectivity index (χ3v) is 9.52. The van der Waals surface area contributed by atoms with Gasteiger partial charge in [0.1, 0.15) is 11.0 Å². The highest BCUT2D eigenvalue weighted by atomic mass is 32.2. The molecule has 0 aliphatic carbocycles. The molecule has 0 aliphatic rings. The molecule has 0 heterocycles. The van der Waals surface area contributed by atoms with Crippen LogP contribution in [0, 0.1) is 6.92 Å². The minimum atomic E-state index is -3.84. The first-order valence-corrected chi connectivity index (χ1v) is 15.0. The number of phenolic OH excluding ortho intramolecular Hbond substituents is 1. The molecule has 0 saturated heterocycles. The molecule has 0 aromatic heterocycles. The van der Waals surface area contributed by atoms with Crippen molar-refractivity contribution in [3.05, 3.63) is 130 Å². The summed E-state index contributed by atoms with van der Waals surface area (Å²) in [6, 6.07) is 30.5. The third kappa shape index (κ3) is 5.96. The molecule has 0 fully saturated rings. The van der Waals surface area contributed by atoms with E-state index in [9.17, 15) is 13.5 Å². The topological polar surface area (TPSA) is 54.4 Å². The Balaban J connectivity index is 2.11. The Labute approximate surface area is 234 Å². The van der Waals surface area contributed by atoms with Gasteiger partial charge in [0, 0.05) is 5.92 Å². The van der Waals surface area contributed by atoms with Crippen LogP contribution in [0.15, 0.2) is 102 Å². The molecular weight excluding hydrogens is 500 g/mol. The average Bonchev–Trinajstić information content (AvgIpc) is 2.87. The first kappa shape index (κ1) is 28.6. The minimum Gasteiger partial charge on any atom is -0.507 e. The van der Waals surface area contributed by atoms with E-state index in [2.05, 4.69) is 41.5 Å². The molecule has 4 heteroatoms. The fourth-order valence-corrected chi connectivity index (χ4v) is 7.25. The van der Waals surface area contributed by atoms with E-state index in [1.165, 1.54) is 0 Å². The van der Waals surface area contributed by atoms with Crippen LogP contribution in [0.1, 0.15) is 86.1 Å². The van der Waals surface area contributed by atoms with E-state index in [1.807, 2.05) is 91.9 Å². The van der Waals surface area contributed by atoms with Crippen molar-refractivity contribution in [2.45, 2.75) is 75.4 Å². The summed E-state index contributed by atoms with van der Waals surface area (Å²) in [7, 11) is -3.84. The molecule has 4 aromatic carbocycles. The van der Waals surface area contributed by atoms with Crippen molar-refractivity contribution >= 4 is 9.84 Å². The Hall–Kier alpha value is -3.37. The SMILES string of the molecule is Cc1ccc(S(=O)(=O)C(c2ccccc2)C(c2ccccc2)c2cc(C(C)(C)C)c(O)c(C(C)(C)C)c2)cc1. The van der Waals surface area contributed by atoms with Crippen LogP contribution in [0.4, 0.5) is 0 Å². The predicted octanol–water partition coefficient (Wildman–Crippen LogP) is 8.64. The van der Waals surface area contributed by atoms with E-state index < -0.39 is 21.0 Å². The molecule has 4 aromatic rings. The molecule has 204 valence electrons. The highest BCUT2D eigenvalue weighted by Gasteiger charge is 2.39. The van der Waals surface area contributed by atoms with E-state index in [0.29, 0.717) is 4.90 Å². The fourth-order valence-electron chi connectivity index (χ4n) is 5.25. The Bertz CT molecular complexity index is 1490. The fraction of sp³-hybridized carbons (Fsp3) is 0.314. The van der Waals surface area contributed by atoms with Crippen molar-refractivity contribution in [3.63, 3.8) is 0 Å². The molecule has 2 unspecified atom stereocenters. The summed E-state index contributed by atoms with van der Waals surface area (Å²) >= 11 is 0. The number of rotatable bonds is 6. The van der Waals surface area contributed by atoms with Crippen LogP contribution in [-0.4, -0.2) is 13.5 Å². The van der Waals surface area contributed by atoms with Gasteiger partial charge in [-0.25, -0.2) is 8.42 Å². The third-order valence-electron chi connectivity index (χ3n) is 7.38.